The van der Waals surface area contributed by atoms with Crippen molar-refractivity contribution in [1.29, 1.82) is 0 Å². The van der Waals surface area contributed by atoms with Gasteiger partial charge in [-0.15, -0.1) is 0 Å². The van der Waals surface area contributed by atoms with Gasteiger partial charge in [-0.3, -0.25) is 10.2 Å². The van der Waals surface area contributed by atoms with E-state index in [1.165, 1.54) is 5.56 Å². The van der Waals surface area contributed by atoms with Crippen molar-refractivity contribution in [2.24, 2.45) is 0 Å². The molecule has 25 heavy (non-hydrogen) atoms. The zero-order valence-electron chi connectivity index (χ0n) is 14.4. The number of urea groups is 1. The van der Waals surface area contributed by atoms with Crippen molar-refractivity contribution in [3.63, 3.8) is 0 Å². The third-order valence-corrected chi connectivity index (χ3v) is 4.33. The van der Waals surface area contributed by atoms with E-state index in [2.05, 4.69) is 26.6 Å². The van der Waals surface area contributed by atoms with Crippen LogP contribution < -0.4 is 10.6 Å². The Morgan fingerprint density at radius 3 is 2.76 bits per heavy atom. The topological polar surface area (TPSA) is 77.5 Å². The SMILES string of the molecule is Cc1cccc(NC(=O)NCc2ccccc2CN2CCC(O)C2)n1. The van der Waals surface area contributed by atoms with E-state index in [1.54, 1.807) is 6.07 Å². The number of hydrogen-bond acceptors (Lipinski definition) is 4. The summed E-state index contributed by atoms with van der Waals surface area (Å²) in [6.45, 7) is 4.73. The maximum Gasteiger partial charge on any atom is 0.320 e. The fraction of sp³-hybridized carbons (Fsp3) is 0.368. The number of amides is 2. The van der Waals surface area contributed by atoms with Crippen LogP contribution in [0.25, 0.3) is 0 Å². The summed E-state index contributed by atoms with van der Waals surface area (Å²) in [4.78, 5) is 18.6. The van der Waals surface area contributed by atoms with Gasteiger partial charge < -0.3 is 10.4 Å². The average molecular weight is 340 g/mol. The summed E-state index contributed by atoms with van der Waals surface area (Å²) in [6, 6.07) is 13.3. The Bertz CT molecular complexity index is 735. The molecule has 1 aromatic carbocycles. The molecule has 3 N–H and O–H groups in total. The van der Waals surface area contributed by atoms with E-state index < -0.39 is 0 Å². The molecule has 6 nitrogen and oxygen atoms in total. The highest BCUT2D eigenvalue weighted by Gasteiger charge is 2.20. The molecule has 1 atom stereocenters. The van der Waals surface area contributed by atoms with Crippen LogP contribution in [0.2, 0.25) is 0 Å². The van der Waals surface area contributed by atoms with Crippen molar-refractivity contribution in [1.82, 2.24) is 15.2 Å². The number of benzene rings is 1. The second-order valence-electron chi connectivity index (χ2n) is 6.42. The lowest BCUT2D eigenvalue weighted by Crippen LogP contribution is -2.29. The third kappa shape index (κ3) is 5.01. The smallest absolute Gasteiger partial charge is 0.320 e. The maximum absolute atomic E-state index is 12.1. The van der Waals surface area contributed by atoms with E-state index in [0.29, 0.717) is 18.9 Å². The van der Waals surface area contributed by atoms with Crippen LogP contribution in [0.5, 0.6) is 0 Å². The van der Waals surface area contributed by atoms with Crippen molar-refractivity contribution in [3.05, 3.63) is 59.3 Å². The molecule has 1 fully saturated rings. The maximum atomic E-state index is 12.1. The molecule has 1 unspecified atom stereocenters. The van der Waals surface area contributed by atoms with Crippen LogP contribution in [-0.4, -0.2) is 40.2 Å². The zero-order chi connectivity index (χ0) is 17.6. The molecule has 2 amide bonds. The first-order valence-corrected chi connectivity index (χ1v) is 8.56. The van der Waals surface area contributed by atoms with Crippen LogP contribution in [0.4, 0.5) is 10.6 Å². The largest absolute Gasteiger partial charge is 0.392 e. The molecule has 2 heterocycles. The van der Waals surface area contributed by atoms with Gasteiger partial charge in [-0.05, 0) is 36.6 Å². The monoisotopic (exact) mass is 340 g/mol. The summed E-state index contributed by atoms with van der Waals surface area (Å²) in [5.41, 5.74) is 3.11. The summed E-state index contributed by atoms with van der Waals surface area (Å²) >= 11 is 0. The third-order valence-electron chi connectivity index (χ3n) is 4.33. The quantitative estimate of drug-likeness (QED) is 0.780. The van der Waals surface area contributed by atoms with Crippen molar-refractivity contribution in [3.8, 4) is 0 Å². The Morgan fingerprint density at radius 1 is 1.24 bits per heavy atom. The molecule has 0 saturated carbocycles. The average Bonchev–Trinajstić information content (AvgIpc) is 2.99. The van der Waals surface area contributed by atoms with Crippen LogP contribution in [0.3, 0.4) is 0 Å². The van der Waals surface area contributed by atoms with E-state index in [9.17, 15) is 9.90 Å². The van der Waals surface area contributed by atoms with E-state index in [4.69, 9.17) is 0 Å². The Balaban J connectivity index is 1.56. The van der Waals surface area contributed by atoms with E-state index >= 15 is 0 Å². The minimum Gasteiger partial charge on any atom is -0.392 e. The van der Waals surface area contributed by atoms with Crippen LogP contribution >= 0.6 is 0 Å². The molecule has 0 radical (unpaired) electrons. The minimum absolute atomic E-state index is 0.224. The zero-order valence-corrected chi connectivity index (χ0v) is 14.4. The van der Waals surface area contributed by atoms with Gasteiger partial charge in [-0.1, -0.05) is 30.3 Å². The molecule has 1 aromatic heterocycles. The van der Waals surface area contributed by atoms with Gasteiger partial charge in [0.15, 0.2) is 0 Å². The molecule has 2 aromatic rings. The van der Waals surface area contributed by atoms with Gasteiger partial charge in [0.2, 0.25) is 0 Å². The van der Waals surface area contributed by atoms with Crippen molar-refractivity contribution in [2.45, 2.75) is 32.5 Å². The number of hydrogen-bond donors (Lipinski definition) is 3. The molecule has 6 heteroatoms. The van der Waals surface area contributed by atoms with Crippen LogP contribution in [0.15, 0.2) is 42.5 Å². The van der Waals surface area contributed by atoms with E-state index in [0.717, 1.165) is 30.8 Å². The molecule has 1 aliphatic heterocycles. The number of nitrogens with one attached hydrogen (secondary N) is 2. The predicted molar refractivity (Wildman–Crippen MR) is 97.2 cm³/mol. The van der Waals surface area contributed by atoms with Gasteiger partial charge in [0, 0.05) is 31.9 Å². The lowest BCUT2D eigenvalue weighted by molar-refractivity contribution is 0.174. The number of likely N-dealkylation sites (tertiary alicyclic amines) is 1. The van der Waals surface area contributed by atoms with Crippen molar-refractivity contribution < 1.29 is 9.90 Å². The Morgan fingerprint density at radius 2 is 2.04 bits per heavy atom. The van der Waals surface area contributed by atoms with Gasteiger partial charge in [-0.25, -0.2) is 9.78 Å². The van der Waals surface area contributed by atoms with Crippen molar-refractivity contribution in [2.75, 3.05) is 18.4 Å². The Labute approximate surface area is 147 Å². The fourth-order valence-electron chi connectivity index (χ4n) is 3.03. The molecular weight excluding hydrogens is 316 g/mol. The molecule has 0 spiro atoms. The highest BCUT2D eigenvalue weighted by molar-refractivity contribution is 5.88. The first kappa shape index (κ1) is 17.4. The van der Waals surface area contributed by atoms with E-state index in [1.807, 2.05) is 37.3 Å². The molecule has 1 saturated heterocycles. The minimum atomic E-state index is -0.274. The number of anilines is 1. The summed E-state index contributed by atoms with van der Waals surface area (Å²) in [7, 11) is 0. The van der Waals surface area contributed by atoms with Crippen LogP contribution in [0.1, 0.15) is 23.2 Å². The van der Waals surface area contributed by atoms with Gasteiger partial charge in [0.25, 0.3) is 0 Å². The van der Waals surface area contributed by atoms with Crippen molar-refractivity contribution >= 4 is 11.8 Å². The Hall–Kier alpha value is -2.44. The number of β-amino-alcohol motifs (C(OH)–C–C–N with tert-alkyl or cyclic N) is 1. The van der Waals surface area contributed by atoms with Gasteiger partial charge in [0.1, 0.15) is 5.82 Å². The number of carbonyl (C=O) groups is 1. The first-order chi connectivity index (χ1) is 12.1. The molecule has 3 rings (SSSR count). The highest BCUT2D eigenvalue weighted by Crippen LogP contribution is 2.16. The Kier molecular flexibility index (Phi) is 5.63. The molecule has 0 bridgehead atoms. The second kappa shape index (κ2) is 8.09. The standard InChI is InChI=1S/C19H24N4O2/c1-14-5-4-8-18(21-14)22-19(25)20-11-15-6-2-3-7-16(15)12-23-10-9-17(24)13-23/h2-8,17,24H,9-13H2,1H3,(H2,20,21,22,25). The highest BCUT2D eigenvalue weighted by atomic mass is 16.3. The number of aromatic nitrogens is 1. The molecule has 0 aliphatic carbocycles. The van der Waals surface area contributed by atoms with Gasteiger partial charge in [0.05, 0.1) is 6.10 Å². The molecule has 1 aliphatic rings. The molecular formula is C19H24N4O2. The van der Waals surface area contributed by atoms with Crippen LogP contribution in [-0.2, 0) is 13.1 Å². The fourth-order valence-corrected chi connectivity index (χ4v) is 3.03. The summed E-state index contributed by atoms with van der Waals surface area (Å²) in [6.07, 6.45) is 0.602. The number of pyridine rings is 1. The van der Waals surface area contributed by atoms with Gasteiger partial charge >= 0.3 is 6.03 Å². The normalized spacial score (nSPS) is 17.4. The first-order valence-electron chi connectivity index (χ1n) is 8.56. The number of carbonyl (C=O) groups excluding carboxylic acids is 1. The van der Waals surface area contributed by atoms with E-state index in [-0.39, 0.29) is 12.1 Å². The van der Waals surface area contributed by atoms with Crippen LogP contribution in [0, 0.1) is 6.92 Å². The lowest BCUT2D eigenvalue weighted by Gasteiger charge is -2.18. The van der Waals surface area contributed by atoms with Gasteiger partial charge in [-0.2, -0.15) is 0 Å². The summed E-state index contributed by atoms with van der Waals surface area (Å²) < 4.78 is 0. The number of rotatable bonds is 5. The number of aryl methyl sites for hydroxylation is 1. The molecule has 132 valence electrons. The number of nitrogens with zero attached hydrogens (tertiary/aromatic N) is 2. The number of aliphatic hydroxyl groups is 1. The lowest BCUT2D eigenvalue weighted by atomic mass is 10.1. The summed E-state index contributed by atoms with van der Waals surface area (Å²) in [5, 5.41) is 15.3. The second-order valence-corrected chi connectivity index (χ2v) is 6.42. The predicted octanol–water partition coefficient (Wildman–Crippen LogP) is 2.28. The summed E-state index contributed by atoms with van der Waals surface area (Å²) in [5.74, 6) is 0.539. The number of aliphatic hydroxyl groups excluding tert-OH is 1.